The topological polar surface area (TPSA) is 20.3 Å². The molecule has 0 amide bonds. The summed E-state index contributed by atoms with van der Waals surface area (Å²) in [5, 5.41) is 0. The first-order valence-electron chi connectivity index (χ1n) is 8.68. The molecule has 1 aliphatic rings. The van der Waals surface area contributed by atoms with Gasteiger partial charge in [0.2, 0.25) is 0 Å². The summed E-state index contributed by atoms with van der Waals surface area (Å²) in [5.41, 5.74) is 0.421. The van der Waals surface area contributed by atoms with Crippen LogP contribution in [-0.2, 0) is 0 Å². The summed E-state index contributed by atoms with van der Waals surface area (Å²) in [6.07, 6.45) is 1.13. The van der Waals surface area contributed by atoms with Crippen LogP contribution in [0.25, 0.3) is 0 Å². The highest BCUT2D eigenvalue weighted by Gasteiger charge is 2.15. The molecular weight excluding hydrogens is 241 g/mol. The fraction of sp³-hybridized carbons (Fsp3) is 0.562. The van der Waals surface area contributed by atoms with E-state index in [2.05, 4.69) is 0 Å². The van der Waals surface area contributed by atoms with Crippen molar-refractivity contribution in [2.24, 2.45) is 5.92 Å². The Labute approximate surface area is 120 Å². The van der Waals surface area contributed by atoms with Gasteiger partial charge in [-0.25, -0.2) is 4.39 Å². The van der Waals surface area contributed by atoms with E-state index in [1.807, 2.05) is 6.92 Å². The third-order valence-electron chi connectivity index (χ3n) is 3.21. The lowest BCUT2D eigenvalue weighted by molar-refractivity contribution is 0.0971. The number of carbonyl (C=O) groups is 1. The Morgan fingerprint density at radius 2 is 2.00 bits per heavy atom. The van der Waals surface area contributed by atoms with Crippen LogP contribution < -0.4 is 0 Å². The average Bonchev–Trinajstić information content (AvgIpc) is 2.40. The summed E-state index contributed by atoms with van der Waals surface area (Å²) in [6, 6.07) is 5.32. The largest absolute Gasteiger partial charge is 0.303 e. The van der Waals surface area contributed by atoms with Crippen LogP contribution in [0.1, 0.15) is 48.4 Å². The minimum Gasteiger partial charge on any atom is -0.303 e. The van der Waals surface area contributed by atoms with Crippen LogP contribution in [0.5, 0.6) is 0 Å². The number of likely N-dealkylation sites (tertiary alicyclic amines) is 1. The van der Waals surface area contributed by atoms with E-state index < -0.39 is 18.8 Å². The quantitative estimate of drug-likeness (QED) is 0.761. The molecule has 0 N–H and O–H groups in total. The van der Waals surface area contributed by atoms with Crippen molar-refractivity contribution in [3.8, 4) is 0 Å². The molecule has 19 heavy (non-hydrogen) atoms. The van der Waals surface area contributed by atoms with Gasteiger partial charge in [0.15, 0.2) is 5.78 Å². The lowest BCUT2D eigenvalue weighted by Crippen LogP contribution is -2.33. The summed E-state index contributed by atoms with van der Waals surface area (Å²) < 4.78 is 45.1. The van der Waals surface area contributed by atoms with E-state index in [0.29, 0.717) is 24.8 Å². The van der Waals surface area contributed by atoms with Gasteiger partial charge in [0.05, 0.1) is 0 Å². The van der Waals surface area contributed by atoms with Gasteiger partial charge in [-0.05, 0) is 69.0 Å². The van der Waals surface area contributed by atoms with Crippen molar-refractivity contribution in [2.45, 2.75) is 32.6 Å². The molecule has 2 nitrogen and oxygen atoms in total. The Morgan fingerprint density at radius 3 is 2.63 bits per heavy atom. The molecule has 0 aliphatic carbocycles. The smallest absolute Gasteiger partial charge is 0.162 e. The van der Waals surface area contributed by atoms with Gasteiger partial charge in [-0.1, -0.05) is 6.92 Å². The van der Waals surface area contributed by atoms with E-state index in [1.165, 1.54) is 29.2 Å². The number of halogens is 1. The van der Waals surface area contributed by atoms with Gasteiger partial charge in [0.1, 0.15) is 5.82 Å². The first-order chi connectivity index (χ1) is 10.6. The molecule has 1 aromatic carbocycles. The monoisotopic (exact) mass is 267 g/mol. The van der Waals surface area contributed by atoms with Crippen molar-refractivity contribution >= 4 is 5.78 Å². The van der Waals surface area contributed by atoms with Crippen molar-refractivity contribution < 1.29 is 14.7 Å². The number of ketones is 1. The van der Waals surface area contributed by atoms with E-state index in [0.717, 1.165) is 0 Å². The van der Waals surface area contributed by atoms with Crippen LogP contribution in [0, 0.1) is 11.7 Å². The van der Waals surface area contributed by atoms with Crippen LogP contribution >= 0.6 is 0 Å². The SMILES string of the molecule is [2H]C1([2H])CC(C)CC([2H])([2H])N1CCCC(=O)c1ccc(F)cc1. The molecule has 0 saturated carbocycles. The standard InChI is InChI=1S/C16H22FNO/c1-13-8-11-18(12-9-13)10-2-3-16(19)14-4-6-15(17)7-5-14/h4-7,13H,2-3,8-12H2,1H3/i11D2,12D2. The molecular formula is C16H22FNO. The maximum Gasteiger partial charge on any atom is 0.162 e. The molecule has 0 unspecified atom stereocenters. The van der Waals surface area contributed by atoms with E-state index in [4.69, 9.17) is 5.48 Å². The van der Waals surface area contributed by atoms with Crippen molar-refractivity contribution in [3.63, 3.8) is 0 Å². The number of rotatable bonds is 5. The fourth-order valence-corrected chi connectivity index (χ4v) is 2.00. The van der Waals surface area contributed by atoms with E-state index in [-0.39, 0.29) is 24.7 Å². The summed E-state index contributed by atoms with van der Waals surface area (Å²) >= 11 is 0. The first kappa shape index (κ1) is 9.65. The minimum absolute atomic E-state index is 0.0166. The molecule has 3 heteroatoms. The van der Waals surface area contributed by atoms with Gasteiger partial charge in [0, 0.05) is 17.5 Å². The number of carbonyl (C=O) groups excluding carboxylic acids is 1. The van der Waals surface area contributed by atoms with Crippen LogP contribution in [0.4, 0.5) is 4.39 Å². The zero-order valence-corrected chi connectivity index (χ0v) is 11.2. The normalized spacial score (nSPS) is 26.0. The Bertz CT molecular complexity index is 544. The fourth-order valence-electron chi connectivity index (χ4n) is 2.00. The van der Waals surface area contributed by atoms with Crippen molar-refractivity contribution in [1.29, 1.82) is 0 Å². The molecule has 1 heterocycles. The Balaban J connectivity index is 1.94. The zero-order valence-electron chi connectivity index (χ0n) is 15.2. The number of nitrogens with zero attached hydrogens (tertiary/aromatic N) is 1. The Hall–Kier alpha value is -1.22. The molecule has 1 aliphatic heterocycles. The molecule has 1 aromatic rings. The molecule has 1 saturated heterocycles. The number of piperidine rings is 1. The van der Waals surface area contributed by atoms with Crippen LogP contribution in [-0.4, -0.2) is 30.2 Å². The van der Waals surface area contributed by atoms with Crippen LogP contribution in [0.3, 0.4) is 0 Å². The molecule has 0 atom stereocenters. The molecule has 0 spiro atoms. The van der Waals surface area contributed by atoms with Gasteiger partial charge >= 0.3 is 0 Å². The van der Waals surface area contributed by atoms with E-state index in [1.54, 1.807) is 0 Å². The van der Waals surface area contributed by atoms with Gasteiger partial charge < -0.3 is 4.90 Å². The van der Waals surface area contributed by atoms with E-state index in [9.17, 15) is 9.18 Å². The number of Topliss-reactive ketones (excluding diaryl/α,β-unsaturated/α-hetero) is 1. The second kappa shape index (κ2) is 6.80. The lowest BCUT2D eigenvalue weighted by Gasteiger charge is -2.29. The maximum absolute atomic E-state index is 12.8. The van der Waals surface area contributed by atoms with Gasteiger partial charge in [0.25, 0.3) is 0 Å². The second-order valence-electron chi connectivity index (χ2n) is 5.01. The summed E-state index contributed by atoms with van der Waals surface area (Å²) in [4.78, 5) is 13.3. The summed E-state index contributed by atoms with van der Waals surface area (Å²) in [5.74, 6) is -0.557. The number of benzene rings is 1. The van der Waals surface area contributed by atoms with Crippen molar-refractivity contribution in [1.82, 2.24) is 4.90 Å². The number of hydrogen-bond donors (Lipinski definition) is 0. The van der Waals surface area contributed by atoms with Gasteiger partial charge in [-0.15, -0.1) is 0 Å². The van der Waals surface area contributed by atoms with Crippen molar-refractivity contribution in [3.05, 3.63) is 35.6 Å². The molecule has 0 aromatic heterocycles. The highest BCUT2D eigenvalue weighted by atomic mass is 19.1. The molecule has 0 radical (unpaired) electrons. The average molecular weight is 267 g/mol. The molecule has 0 bridgehead atoms. The van der Waals surface area contributed by atoms with Crippen molar-refractivity contribution in [2.75, 3.05) is 19.5 Å². The van der Waals surface area contributed by atoms with Gasteiger partial charge in [-0.3, -0.25) is 4.79 Å². The predicted octanol–water partition coefficient (Wildman–Crippen LogP) is 3.52. The third-order valence-corrected chi connectivity index (χ3v) is 3.21. The molecule has 1 fully saturated rings. The predicted molar refractivity (Wildman–Crippen MR) is 74.8 cm³/mol. The van der Waals surface area contributed by atoms with Crippen LogP contribution in [0.15, 0.2) is 24.3 Å². The third kappa shape index (κ3) is 4.43. The second-order valence-corrected chi connectivity index (χ2v) is 5.01. The minimum atomic E-state index is -1.71. The highest BCUT2D eigenvalue weighted by Crippen LogP contribution is 2.16. The zero-order chi connectivity index (χ0) is 17.3. The molecule has 2 rings (SSSR count). The first-order valence-corrected chi connectivity index (χ1v) is 6.68. The Morgan fingerprint density at radius 1 is 1.37 bits per heavy atom. The van der Waals surface area contributed by atoms with Crippen LogP contribution in [0.2, 0.25) is 0 Å². The highest BCUT2D eigenvalue weighted by molar-refractivity contribution is 5.95. The number of hydrogen-bond acceptors (Lipinski definition) is 2. The molecule has 104 valence electrons. The lowest BCUT2D eigenvalue weighted by atomic mass is 9.99. The van der Waals surface area contributed by atoms with E-state index >= 15 is 0 Å². The maximum atomic E-state index is 12.8. The summed E-state index contributed by atoms with van der Waals surface area (Å²) in [6.45, 7) is -1.38. The van der Waals surface area contributed by atoms with Gasteiger partial charge in [-0.2, -0.15) is 0 Å². The summed E-state index contributed by atoms with van der Waals surface area (Å²) in [7, 11) is 0. The Kier molecular flexibility index (Phi) is 3.46.